The maximum atomic E-state index is 15.5. The molecule has 0 spiro atoms. The number of carbonyl (C=O) groups excluding carboxylic acids is 4. The second-order valence-electron chi connectivity index (χ2n) is 14.2. The van der Waals surface area contributed by atoms with Gasteiger partial charge in [-0.1, -0.05) is 76.3 Å². The van der Waals surface area contributed by atoms with Crippen molar-refractivity contribution in [2.75, 3.05) is 24.5 Å². The summed E-state index contributed by atoms with van der Waals surface area (Å²) >= 11 is 25.8. The van der Waals surface area contributed by atoms with E-state index >= 15 is 4.79 Å². The Bertz CT molecular complexity index is 2350. The normalized spacial score (nSPS) is 25.7. The highest BCUT2D eigenvalue weighted by Crippen LogP contribution is 2.65. The van der Waals surface area contributed by atoms with Crippen LogP contribution >= 0.6 is 46.4 Å². The quantitative estimate of drug-likeness (QED) is 0.141. The molecule has 4 aromatic rings. The van der Waals surface area contributed by atoms with E-state index in [0.29, 0.717) is 38.2 Å². The number of imide groups is 2. The van der Waals surface area contributed by atoms with Gasteiger partial charge in [0.25, 0.3) is 11.8 Å². The monoisotopic (exact) mass is 819 g/mol. The second-order valence-corrected chi connectivity index (χ2v) is 15.9. The number of ether oxygens (including phenoxy) is 2. The third kappa shape index (κ3) is 5.59. The number of benzene rings is 4. The van der Waals surface area contributed by atoms with Crippen molar-refractivity contribution in [3.8, 4) is 17.2 Å². The highest BCUT2D eigenvalue weighted by atomic mass is 35.5. The van der Waals surface area contributed by atoms with Gasteiger partial charge >= 0.3 is 0 Å². The van der Waals surface area contributed by atoms with Gasteiger partial charge in [-0.3, -0.25) is 24.6 Å². The van der Waals surface area contributed by atoms with Crippen molar-refractivity contribution in [1.82, 2.24) is 5.01 Å². The van der Waals surface area contributed by atoms with Crippen molar-refractivity contribution < 1.29 is 33.8 Å². The zero-order valence-electron chi connectivity index (χ0n) is 29.6. The predicted molar refractivity (Wildman–Crippen MR) is 209 cm³/mol. The lowest BCUT2D eigenvalue weighted by molar-refractivity contribution is -0.138. The number of halogens is 4. The van der Waals surface area contributed by atoms with Gasteiger partial charge in [0.05, 0.1) is 58.8 Å². The average Bonchev–Trinajstić information content (AvgIpc) is 3.55. The van der Waals surface area contributed by atoms with Gasteiger partial charge in [0.2, 0.25) is 11.8 Å². The number of carbonyl (C=O) groups is 4. The number of nitrogens with zero attached hydrogens (tertiary/aromatic N) is 2. The van der Waals surface area contributed by atoms with Crippen molar-refractivity contribution in [2.45, 2.75) is 31.1 Å². The van der Waals surface area contributed by atoms with Gasteiger partial charge in [-0.25, -0.2) is 4.90 Å². The third-order valence-corrected chi connectivity index (χ3v) is 12.8. The van der Waals surface area contributed by atoms with Crippen LogP contribution in [0, 0.1) is 30.6 Å². The molecule has 4 aromatic carbocycles. The Hall–Kier alpha value is -4.74. The van der Waals surface area contributed by atoms with E-state index in [2.05, 4.69) is 5.43 Å². The Morgan fingerprint density at radius 1 is 0.800 bits per heavy atom. The molecule has 2 aliphatic carbocycles. The van der Waals surface area contributed by atoms with Crippen LogP contribution in [0.25, 0.3) is 0 Å². The number of fused-ring (bicyclic) bond motifs is 4. The lowest BCUT2D eigenvalue weighted by Crippen LogP contribution is -2.53. The first-order valence-electron chi connectivity index (χ1n) is 17.5. The van der Waals surface area contributed by atoms with Crippen LogP contribution < -0.4 is 19.8 Å². The molecule has 0 aromatic heterocycles. The van der Waals surface area contributed by atoms with Crippen LogP contribution in [-0.4, -0.2) is 48.0 Å². The van der Waals surface area contributed by atoms with Crippen LogP contribution in [0.1, 0.15) is 35.4 Å². The molecule has 4 amide bonds. The van der Waals surface area contributed by atoms with Crippen LogP contribution in [0.4, 0.5) is 11.4 Å². The number of phenols is 1. The Morgan fingerprint density at radius 3 is 2.22 bits per heavy atom. The SMILES string of the molecule is COc1ccc([C@@]23C(=O)N(Nc4ccc(Cl)cc4Cl)C(=O)[C@@H]2C[C@@H]2C(=CC[C@@H]4C(=O)N(c5ccc(C)c(Cl)c5)C(=O)[C@@H]42)[C@@H]3c2cc(Cl)c(O)c(OC)c2)cc1. The topological polar surface area (TPSA) is 125 Å². The molecule has 3 fully saturated rings. The van der Waals surface area contributed by atoms with Crippen molar-refractivity contribution in [2.24, 2.45) is 23.7 Å². The first-order chi connectivity index (χ1) is 26.3. The van der Waals surface area contributed by atoms with Gasteiger partial charge in [0.15, 0.2) is 11.5 Å². The van der Waals surface area contributed by atoms with Crippen LogP contribution in [-0.2, 0) is 24.6 Å². The molecule has 0 unspecified atom stereocenters. The lowest BCUT2D eigenvalue weighted by atomic mass is 9.49. The van der Waals surface area contributed by atoms with Crippen LogP contribution in [0.15, 0.2) is 84.4 Å². The van der Waals surface area contributed by atoms with Crippen LogP contribution in [0.2, 0.25) is 20.1 Å². The van der Waals surface area contributed by atoms with Gasteiger partial charge in [-0.2, -0.15) is 5.01 Å². The summed E-state index contributed by atoms with van der Waals surface area (Å²) < 4.78 is 11.0. The number of phenolic OH excluding ortho intramolecular Hbond substituents is 1. The van der Waals surface area contributed by atoms with E-state index in [-0.39, 0.29) is 46.0 Å². The molecule has 10 nitrogen and oxygen atoms in total. The zero-order chi connectivity index (χ0) is 39.1. The summed E-state index contributed by atoms with van der Waals surface area (Å²) in [6.07, 6.45) is 2.17. The number of rotatable bonds is 7. The fourth-order valence-electron chi connectivity index (χ4n) is 9.11. The molecule has 0 radical (unpaired) electrons. The number of amides is 4. The summed E-state index contributed by atoms with van der Waals surface area (Å²) in [6, 6.07) is 19.8. The number of hydrazine groups is 1. The molecule has 0 bridgehead atoms. The maximum absolute atomic E-state index is 15.5. The van der Waals surface area contributed by atoms with E-state index in [1.165, 1.54) is 25.2 Å². The number of aryl methyl sites for hydroxylation is 1. The molecule has 2 saturated heterocycles. The number of nitrogens with one attached hydrogen (secondary N) is 1. The van der Waals surface area contributed by atoms with E-state index in [9.17, 15) is 19.5 Å². The number of hydrogen-bond donors (Lipinski definition) is 2. The van der Waals surface area contributed by atoms with Crippen molar-refractivity contribution in [1.29, 1.82) is 0 Å². The molecule has 4 aliphatic rings. The van der Waals surface area contributed by atoms with E-state index in [1.807, 2.05) is 13.0 Å². The Kier molecular flexibility index (Phi) is 9.32. The molecule has 2 aliphatic heterocycles. The largest absolute Gasteiger partial charge is 0.503 e. The maximum Gasteiger partial charge on any atom is 0.260 e. The zero-order valence-corrected chi connectivity index (χ0v) is 32.6. The van der Waals surface area contributed by atoms with E-state index in [0.717, 1.165) is 10.6 Å². The second kappa shape index (κ2) is 13.8. The predicted octanol–water partition coefficient (Wildman–Crippen LogP) is 8.52. The minimum absolute atomic E-state index is 0.0403. The lowest BCUT2D eigenvalue weighted by Gasteiger charge is -2.50. The van der Waals surface area contributed by atoms with Crippen LogP contribution in [0.5, 0.6) is 17.2 Å². The number of hydrogen-bond acceptors (Lipinski definition) is 8. The van der Waals surface area contributed by atoms with Crippen LogP contribution in [0.3, 0.4) is 0 Å². The molecule has 8 rings (SSSR count). The minimum Gasteiger partial charge on any atom is -0.503 e. The number of methoxy groups -OCH3 is 2. The Morgan fingerprint density at radius 2 is 1.55 bits per heavy atom. The summed E-state index contributed by atoms with van der Waals surface area (Å²) in [5.74, 6) is -5.88. The minimum atomic E-state index is -1.63. The average molecular weight is 822 g/mol. The van der Waals surface area contributed by atoms with Crippen molar-refractivity contribution in [3.63, 3.8) is 0 Å². The van der Waals surface area contributed by atoms with Gasteiger partial charge in [0.1, 0.15) is 5.75 Å². The highest BCUT2D eigenvalue weighted by molar-refractivity contribution is 6.36. The van der Waals surface area contributed by atoms with Crippen molar-refractivity contribution in [3.05, 3.63) is 121 Å². The van der Waals surface area contributed by atoms with E-state index < -0.39 is 52.7 Å². The fraction of sp³-hybridized carbons (Fsp3) is 0.268. The third-order valence-electron chi connectivity index (χ3n) is 11.6. The fourth-order valence-corrected chi connectivity index (χ4v) is 9.95. The molecule has 282 valence electrons. The number of anilines is 2. The molecule has 1 saturated carbocycles. The Balaban J connectivity index is 1.35. The summed E-state index contributed by atoms with van der Waals surface area (Å²) in [5, 5.41) is 12.7. The van der Waals surface area contributed by atoms with E-state index in [4.69, 9.17) is 55.9 Å². The van der Waals surface area contributed by atoms with Gasteiger partial charge in [-0.05, 0) is 97.0 Å². The first kappa shape index (κ1) is 37.2. The molecular weight excluding hydrogens is 788 g/mol. The summed E-state index contributed by atoms with van der Waals surface area (Å²) in [4.78, 5) is 60.4. The van der Waals surface area contributed by atoms with Gasteiger partial charge in [-0.15, -0.1) is 0 Å². The first-order valence-corrected chi connectivity index (χ1v) is 19.0. The molecule has 2 heterocycles. The van der Waals surface area contributed by atoms with Gasteiger partial charge in [0, 0.05) is 16.0 Å². The summed E-state index contributed by atoms with van der Waals surface area (Å²) in [6.45, 7) is 1.83. The smallest absolute Gasteiger partial charge is 0.260 e. The molecule has 6 atom stereocenters. The molecule has 14 heteroatoms. The Labute approximate surface area is 336 Å². The molecular formula is C41H33Cl4N3O7. The summed E-state index contributed by atoms with van der Waals surface area (Å²) in [7, 11) is 2.91. The van der Waals surface area contributed by atoms with Crippen molar-refractivity contribution >= 4 is 81.4 Å². The standard InChI is InChI=1S/C41H33Cl4N3O7/c1-19-4-8-23(17-29(19)43)47-37(50)26-12-11-25-27(34(26)39(47)52)18-28-38(51)48(46-32-13-7-22(42)16-30(32)44)40(53)41(28,21-5-9-24(54-2)10-6-21)35(25)20-14-31(45)36(49)33(15-20)55-3/h4-11,13-17,26-28,34-35,46,49H,12,18H2,1-3H3/t26-,27+,28-,34-,35-,41+/m0/s1. The summed E-state index contributed by atoms with van der Waals surface area (Å²) in [5.41, 5.74) is 4.41. The molecule has 2 N–H and O–H groups in total. The van der Waals surface area contributed by atoms with Gasteiger partial charge < -0.3 is 14.6 Å². The molecule has 55 heavy (non-hydrogen) atoms. The number of allylic oxidation sites excluding steroid dienone is 2. The highest BCUT2D eigenvalue weighted by Gasteiger charge is 2.70. The van der Waals surface area contributed by atoms with E-state index in [1.54, 1.807) is 66.7 Å². The number of aromatic hydroxyl groups is 1.